The molecule has 0 radical (unpaired) electrons. The van der Waals surface area contributed by atoms with E-state index in [4.69, 9.17) is 0 Å². The van der Waals surface area contributed by atoms with Crippen LogP contribution >= 0.6 is 0 Å². The van der Waals surface area contributed by atoms with Gasteiger partial charge in [-0.05, 0) is 39.7 Å². The fourth-order valence-corrected chi connectivity index (χ4v) is 4.25. The molecule has 2 unspecified atom stereocenters. The monoisotopic (exact) mass is 371 g/mol. The first-order valence-corrected chi connectivity index (χ1v) is 9.78. The molecule has 1 saturated heterocycles. The van der Waals surface area contributed by atoms with Gasteiger partial charge in [-0.25, -0.2) is 13.1 Å². The molecule has 9 heteroatoms. The van der Waals surface area contributed by atoms with Gasteiger partial charge >= 0.3 is 0 Å². The summed E-state index contributed by atoms with van der Waals surface area (Å²) >= 11 is 0. The van der Waals surface area contributed by atoms with Crippen LogP contribution in [0.4, 0.5) is 5.69 Å². The highest BCUT2D eigenvalue weighted by Gasteiger charge is 2.29. The standard InChI is InChI=1S/C16H25N3O5S/c1-11-4-7-15(8-16(11)19(21)22)25(23,24)17-9-14(20)10-18-12(2)5-6-13(18)3/h4,7-8,12-14,17,20H,5-6,9-10H2,1-3H3/t12?,13?,14-/m0/s1. The third-order valence-electron chi connectivity index (χ3n) is 4.75. The summed E-state index contributed by atoms with van der Waals surface area (Å²) in [4.78, 5) is 12.3. The Morgan fingerprint density at radius 1 is 1.36 bits per heavy atom. The minimum absolute atomic E-state index is 0.139. The van der Waals surface area contributed by atoms with E-state index in [-0.39, 0.29) is 17.1 Å². The Morgan fingerprint density at radius 3 is 2.52 bits per heavy atom. The average molecular weight is 371 g/mol. The van der Waals surface area contributed by atoms with Gasteiger partial charge in [-0.15, -0.1) is 0 Å². The molecule has 2 rings (SSSR count). The fraction of sp³-hybridized carbons (Fsp3) is 0.625. The van der Waals surface area contributed by atoms with Crippen molar-refractivity contribution in [2.24, 2.45) is 0 Å². The number of aryl methyl sites for hydroxylation is 1. The summed E-state index contributed by atoms with van der Waals surface area (Å²) in [6.45, 7) is 5.97. The van der Waals surface area contributed by atoms with Crippen LogP contribution in [0.1, 0.15) is 32.3 Å². The predicted octanol–water partition coefficient (Wildman–Crippen LogP) is 1.42. The van der Waals surface area contributed by atoms with Crippen LogP contribution in [-0.2, 0) is 10.0 Å². The van der Waals surface area contributed by atoms with E-state index in [1.54, 1.807) is 6.92 Å². The minimum atomic E-state index is -3.92. The maximum atomic E-state index is 12.3. The van der Waals surface area contributed by atoms with Crippen LogP contribution in [0.3, 0.4) is 0 Å². The Hall–Kier alpha value is -1.55. The van der Waals surface area contributed by atoms with Gasteiger partial charge in [-0.3, -0.25) is 15.0 Å². The van der Waals surface area contributed by atoms with Crippen LogP contribution in [0.2, 0.25) is 0 Å². The van der Waals surface area contributed by atoms with Crippen LogP contribution in [0.25, 0.3) is 0 Å². The SMILES string of the molecule is Cc1ccc(S(=O)(=O)NC[C@H](O)CN2C(C)CCC2C)cc1[N+](=O)[O-]. The van der Waals surface area contributed by atoms with Crippen molar-refractivity contribution in [3.05, 3.63) is 33.9 Å². The zero-order valence-corrected chi connectivity index (χ0v) is 15.5. The molecule has 0 bridgehead atoms. The van der Waals surface area contributed by atoms with Gasteiger partial charge in [0.15, 0.2) is 0 Å². The molecular formula is C16H25N3O5S. The number of aliphatic hydroxyl groups is 1. The van der Waals surface area contributed by atoms with Crippen molar-refractivity contribution in [1.29, 1.82) is 0 Å². The van der Waals surface area contributed by atoms with Crippen LogP contribution in [-0.4, -0.2) is 54.6 Å². The lowest BCUT2D eigenvalue weighted by Crippen LogP contribution is -2.43. The molecule has 1 aromatic rings. The number of hydrogen-bond acceptors (Lipinski definition) is 6. The number of nitro benzene ring substituents is 1. The number of β-amino-alcohol motifs (C(OH)–C–C–N with tert-alkyl or cyclic N) is 1. The lowest BCUT2D eigenvalue weighted by molar-refractivity contribution is -0.385. The normalized spacial score (nSPS) is 22.9. The van der Waals surface area contributed by atoms with Gasteiger partial charge in [0.25, 0.3) is 5.69 Å². The van der Waals surface area contributed by atoms with E-state index < -0.39 is 21.1 Å². The van der Waals surface area contributed by atoms with Crippen molar-refractivity contribution in [2.45, 2.75) is 56.7 Å². The molecule has 25 heavy (non-hydrogen) atoms. The molecule has 3 atom stereocenters. The van der Waals surface area contributed by atoms with Gasteiger partial charge in [-0.2, -0.15) is 0 Å². The first-order valence-electron chi connectivity index (χ1n) is 8.30. The summed E-state index contributed by atoms with van der Waals surface area (Å²) in [7, 11) is -3.92. The van der Waals surface area contributed by atoms with Gasteiger partial charge in [0.2, 0.25) is 10.0 Å². The highest BCUT2D eigenvalue weighted by atomic mass is 32.2. The molecule has 0 aliphatic carbocycles. The van der Waals surface area contributed by atoms with E-state index in [1.807, 2.05) is 0 Å². The quantitative estimate of drug-likeness (QED) is 0.553. The second kappa shape index (κ2) is 7.77. The van der Waals surface area contributed by atoms with Crippen molar-refractivity contribution in [1.82, 2.24) is 9.62 Å². The van der Waals surface area contributed by atoms with Gasteiger partial charge in [0.1, 0.15) is 0 Å². The Kier molecular flexibility index (Phi) is 6.15. The first-order chi connectivity index (χ1) is 11.6. The Bertz CT molecular complexity index is 727. The molecular weight excluding hydrogens is 346 g/mol. The highest BCUT2D eigenvalue weighted by Crippen LogP contribution is 2.24. The lowest BCUT2D eigenvalue weighted by atomic mass is 10.2. The molecule has 0 saturated carbocycles. The molecule has 0 spiro atoms. The Labute approximate surface area is 148 Å². The first kappa shape index (κ1) is 19.8. The summed E-state index contributed by atoms with van der Waals surface area (Å²) in [6, 6.07) is 4.48. The summed E-state index contributed by atoms with van der Waals surface area (Å²) in [5, 5.41) is 21.1. The van der Waals surface area contributed by atoms with Gasteiger partial charge < -0.3 is 5.11 Å². The van der Waals surface area contributed by atoms with E-state index in [0.717, 1.165) is 18.9 Å². The number of sulfonamides is 1. The molecule has 0 aromatic heterocycles. The fourth-order valence-electron chi connectivity index (χ4n) is 3.16. The maximum absolute atomic E-state index is 12.3. The van der Waals surface area contributed by atoms with Crippen LogP contribution in [0.5, 0.6) is 0 Å². The van der Waals surface area contributed by atoms with E-state index in [0.29, 0.717) is 24.2 Å². The topological polar surface area (TPSA) is 113 Å². The summed E-state index contributed by atoms with van der Waals surface area (Å²) < 4.78 is 27.0. The molecule has 140 valence electrons. The van der Waals surface area contributed by atoms with Gasteiger partial charge in [0.05, 0.1) is 15.9 Å². The molecule has 1 fully saturated rings. The zero-order valence-electron chi connectivity index (χ0n) is 14.7. The maximum Gasteiger partial charge on any atom is 0.273 e. The number of nitrogens with zero attached hydrogens (tertiary/aromatic N) is 2. The number of hydrogen-bond donors (Lipinski definition) is 2. The third-order valence-corrected chi connectivity index (χ3v) is 6.17. The number of rotatable bonds is 7. The summed E-state index contributed by atoms with van der Waals surface area (Å²) in [5.74, 6) is 0. The minimum Gasteiger partial charge on any atom is -0.390 e. The molecule has 0 amide bonds. The third kappa shape index (κ3) is 4.75. The number of aliphatic hydroxyl groups excluding tert-OH is 1. The predicted molar refractivity (Wildman–Crippen MR) is 93.9 cm³/mol. The Morgan fingerprint density at radius 2 is 1.96 bits per heavy atom. The van der Waals surface area contributed by atoms with E-state index in [1.165, 1.54) is 12.1 Å². The van der Waals surface area contributed by atoms with Crippen molar-refractivity contribution in [3.8, 4) is 0 Å². The van der Waals surface area contributed by atoms with Crippen LogP contribution in [0, 0.1) is 17.0 Å². The highest BCUT2D eigenvalue weighted by molar-refractivity contribution is 7.89. The second-order valence-electron chi connectivity index (χ2n) is 6.68. The largest absolute Gasteiger partial charge is 0.390 e. The van der Waals surface area contributed by atoms with Crippen molar-refractivity contribution in [3.63, 3.8) is 0 Å². The van der Waals surface area contributed by atoms with E-state index >= 15 is 0 Å². The second-order valence-corrected chi connectivity index (χ2v) is 8.45. The van der Waals surface area contributed by atoms with Crippen molar-refractivity contribution >= 4 is 15.7 Å². The molecule has 2 N–H and O–H groups in total. The molecule has 8 nitrogen and oxygen atoms in total. The molecule has 1 aromatic carbocycles. The van der Waals surface area contributed by atoms with Gasteiger partial charge in [0, 0.05) is 36.8 Å². The number of benzene rings is 1. The Balaban J connectivity index is 2.01. The number of nitro groups is 1. The van der Waals surface area contributed by atoms with Crippen LogP contribution in [0.15, 0.2) is 23.1 Å². The summed E-state index contributed by atoms with van der Waals surface area (Å²) in [5.41, 5.74) is 0.143. The van der Waals surface area contributed by atoms with Crippen LogP contribution < -0.4 is 4.72 Å². The lowest BCUT2D eigenvalue weighted by Gasteiger charge is -2.28. The molecule has 1 aliphatic heterocycles. The van der Waals surface area contributed by atoms with Crippen molar-refractivity contribution in [2.75, 3.05) is 13.1 Å². The smallest absolute Gasteiger partial charge is 0.273 e. The molecule has 1 aliphatic rings. The zero-order chi connectivity index (χ0) is 18.8. The van der Waals surface area contributed by atoms with Gasteiger partial charge in [-0.1, -0.05) is 6.07 Å². The number of likely N-dealkylation sites (tertiary alicyclic amines) is 1. The number of nitrogens with one attached hydrogen (secondary N) is 1. The molecule has 1 heterocycles. The average Bonchev–Trinajstić information content (AvgIpc) is 2.85. The van der Waals surface area contributed by atoms with Crippen molar-refractivity contribution < 1.29 is 18.4 Å². The van der Waals surface area contributed by atoms with E-state index in [2.05, 4.69) is 23.5 Å². The van der Waals surface area contributed by atoms with E-state index in [9.17, 15) is 23.6 Å². The summed E-state index contributed by atoms with van der Waals surface area (Å²) in [6.07, 6.45) is 1.28.